The third-order valence-corrected chi connectivity index (χ3v) is 11.1. The van der Waals surface area contributed by atoms with Crippen LogP contribution in [0, 0.1) is 11.8 Å². The van der Waals surface area contributed by atoms with E-state index in [-0.39, 0.29) is 30.7 Å². The molecule has 7 atom stereocenters. The van der Waals surface area contributed by atoms with Gasteiger partial charge in [0.15, 0.2) is 0 Å². The van der Waals surface area contributed by atoms with E-state index in [2.05, 4.69) is 22.9 Å². The fourth-order valence-corrected chi connectivity index (χ4v) is 8.43. The molecule has 2 saturated heterocycles. The van der Waals surface area contributed by atoms with E-state index in [9.17, 15) is 24.3 Å². The van der Waals surface area contributed by atoms with Crippen LogP contribution < -0.4 is 0 Å². The van der Waals surface area contributed by atoms with Crippen molar-refractivity contribution in [2.45, 2.75) is 102 Å². The number of amides is 3. The minimum Gasteiger partial charge on any atom is -0.455 e. The van der Waals surface area contributed by atoms with Gasteiger partial charge in [-0.05, 0) is 44.2 Å². The highest BCUT2D eigenvalue weighted by Gasteiger charge is 2.74. The largest absolute Gasteiger partial charge is 0.455 e. The number of allylic oxidation sites excluding steroid dienone is 1. The number of nitrogens with zero attached hydrogens (tertiary/aromatic N) is 3. The van der Waals surface area contributed by atoms with E-state index in [1.54, 1.807) is 21.7 Å². The summed E-state index contributed by atoms with van der Waals surface area (Å²) in [7, 11) is 1.72. The van der Waals surface area contributed by atoms with E-state index in [1.165, 1.54) is 0 Å². The fourth-order valence-electron chi connectivity index (χ4n) is 7.70. The van der Waals surface area contributed by atoms with Crippen LogP contribution >= 0.6 is 15.9 Å². The van der Waals surface area contributed by atoms with Crippen molar-refractivity contribution in [1.82, 2.24) is 14.7 Å². The summed E-state index contributed by atoms with van der Waals surface area (Å²) in [6.07, 6.45) is 10.6. The third-order valence-electron chi connectivity index (χ3n) is 10.4. The molecule has 0 radical (unpaired) electrons. The molecule has 48 heavy (non-hydrogen) atoms. The van der Waals surface area contributed by atoms with Crippen molar-refractivity contribution >= 4 is 39.6 Å². The van der Waals surface area contributed by atoms with Gasteiger partial charge in [0.25, 0.3) is 0 Å². The van der Waals surface area contributed by atoms with Gasteiger partial charge < -0.3 is 29.3 Å². The number of carbonyl (C=O) groups is 4. The second-order valence-electron chi connectivity index (χ2n) is 13.5. The number of halogens is 1. The van der Waals surface area contributed by atoms with Gasteiger partial charge in [-0.1, -0.05) is 91.0 Å². The minimum absolute atomic E-state index is 0.0823. The summed E-state index contributed by atoms with van der Waals surface area (Å²) in [6, 6.07) is 7.91. The Kier molecular flexibility index (Phi) is 12.2. The first-order valence-electron chi connectivity index (χ1n) is 17.6. The van der Waals surface area contributed by atoms with E-state index in [0.717, 1.165) is 37.7 Å². The summed E-state index contributed by atoms with van der Waals surface area (Å²) in [5.41, 5.74) is -0.587. The zero-order valence-corrected chi connectivity index (χ0v) is 30.0. The van der Waals surface area contributed by atoms with Crippen LogP contribution in [0.25, 0.3) is 0 Å². The van der Waals surface area contributed by atoms with Gasteiger partial charge in [-0.3, -0.25) is 19.2 Å². The van der Waals surface area contributed by atoms with Gasteiger partial charge in [0.05, 0.1) is 12.0 Å². The standard InChI is InChI=1S/C37H50BrN3O7/c1-4-5-13-20-40-21-14-9-12-19-28(43)39(3)25(2)31(26-17-10-8-11-18-26)47-36(46)29-30-34(44)41(22-15-6-7-16-23-42)33(35(40)45)37(30)24-27(38)32(29)48-37/h8-11,14,17-18,24-25,29-33,42H,4-7,12-13,15-16,19-23H2,1-3H3/b14-9-/t25-,29+,30-,31+,32+,33+,37-/m1/s1. The van der Waals surface area contributed by atoms with Gasteiger partial charge in [-0.15, -0.1) is 0 Å². The molecule has 0 saturated carbocycles. The number of cyclic esters (lactones) is 1. The summed E-state index contributed by atoms with van der Waals surface area (Å²) >= 11 is 3.64. The van der Waals surface area contributed by atoms with Gasteiger partial charge in [0.2, 0.25) is 17.7 Å². The maximum absolute atomic E-state index is 14.7. The van der Waals surface area contributed by atoms with Crippen molar-refractivity contribution in [3.8, 4) is 0 Å². The Balaban J connectivity index is 1.57. The zero-order chi connectivity index (χ0) is 34.4. The van der Waals surface area contributed by atoms with Crippen LogP contribution in [-0.4, -0.2) is 101 Å². The molecule has 2 fully saturated rings. The van der Waals surface area contributed by atoms with Gasteiger partial charge in [0, 0.05) is 44.2 Å². The van der Waals surface area contributed by atoms with Crippen LogP contribution in [-0.2, 0) is 28.7 Å². The van der Waals surface area contributed by atoms with Gasteiger partial charge in [0.1, 0.15) is 29.8 Å². The first kappa shape index (κ1) is 36.3. The van der Waals surface area contributed by atoms with E-state index in [0.29, 0.717) is 43.4 Å². The van der Waals surface area contributed by atoms with Gasteiger partial charge in [-0.25, -0.2) is 0 Å². The quantitative estimate of drug-likeness (QED) is 0.196. The first-order chi connectivity index (χ1) is 23.2. The molecule has 10 nitrogen and oxygen atoms in total. The number of carbonyl (C=O) groups excluding carboxylic acids is 4. The van der Waals surface area contributed by atoms with Crippen molar-refractivity contribution < 1.29 is 33.8 Å². The molecule has 1 N–H and O–H groups in total. The molecule has 4 aliphatic heterocycles. The summed E-state index contributed by atoms with van der Waals surface area (Å²) in [6.45, 7) is 5.29. The van der Waals surface area contributed by atoms with Crippen LogP contribution in [0.15, 0.2) is 53.0 Å². The highest BCUT2D eigenvalue weighted by molar-refractivity contribution is 9.11. The number of esters is 1. The first-order valence-corrected chi connectivity index (χ1v) is 18.4. The maximum atomic E-state index is 14.7. The number of aliphatic hydroxyl groups excluding tert-OH is 1. The predicted octanol–water partition coefficient (Wildman–Crippen LogP) is 4.91. The Bertz CT molecular complexity index is 1390. The second kappa shape index (κ2) is 16.1. The highest BCUT2D eigenvalue weighted by atomic mass is 79.9. The van der Waals surface area contributed by atoms with Crippen LogP contribution in [0.3, 0.4) is 0 Å². The van der Waals surface area contributed by atoms with E-state index >= 15 is 0 Å². The Morgan fingerprint density at radius 1 is 0.938 bits per heavy atom. The Hall–Kier alpha value is -3.02. The number of rotatable bonds is 11. The molecular weight excluding hydrogens is 678 g/mol. The Morgan fingerprint density at radius 2 is 1.67 bits per heavy atom. The topological polar surface area (TPSA) is 117 Å². The van der Waals surface area contributed by atoms with Crippen molar-refractivity contribution in [2.75, 3.05) is 33.3 Å². The molecule has 5 rings (SSSR count). The molecule has 0 unspecified atom stereocenters. The predicted molar refractivity (Wildman–Crippen MR) is 185 cm³/mol. The second-order valence-corrected chi connectivity index (χ2v) is 14.4. The average molecular weight is 729 g/mol. The number of hydrogen-bond donors (Lipinski definition) is 1. The average Bonchev–Trinajstić information content (AvgIpc) is 3.68. The molecule has 262 valence electrons. The van der Waals surface area contributed by atoms with Crippen molar-refractivity contribution in [3.63, 3.8) is 0 Å². The molecule has 11 heteroatoms. The number of hydrogen-bond acceptors (Lipinski definition) is 7. The number of unbranched alkanes of at least 4 members (excludes halogenated alkanes) is 5. The normalized spacial score (nSPS) is 31.7. The summed E-state index contributed by atoms with van der Waals surface area (Å²) in [5.74, 6) is -3.07. The summed E-state index contributed by atoms with van der Waals surface area (Å²) < 4.78 is 13.6. The molecule has 1 aromatic rings. The molecule has 1 spiro atoms. The monoisotopic (exact) mass is 727 g/mol. The number of benzene rings is 1. The van der Waals surface area contributed by atoms with Crippen molar-refractivity contribution in [3.05, 3.63) is 58.6 Å². The summed E-state index contributed by atoms with van der Waals surface area (Å²) in [5, 5.41) is 9.26. The van der Waals surface area contributed by atoms with Crippen LogP contribution in [0.4, 0.5) is 0 Å². The van der Waals surface area contributed by atoms with Crippen LogP contribution in [0.5, 0.6) is 0 Å². The number of ether oxygens (including phenoxy) is 2. The minimum atomic E-state index is -1.33. The molecule has 0 aliphatic carbocycles. The third kappa shape index (κ3) is 7.14. The molecule has 4 aliphatic rings. The maximum Gasteiger partial charge on any atom is 0.313 e. The highest BCUT2D eigenvalue weighted by Crippen LogP contribution is 2.59. The number of likely N-dealkylation sites (N-methyl/N-ethyl adjacent to an activating group) is 1. The van der Waals surface area contributed by atoms with E-state index < -0.39 is 47.7 Å². The zero-order valence-electron chi connectivity index (χ0n) is 28.4. The summed E-state index contributed by atoms with van der Waals surface area (Å²) in [4.78, 5) is 62.1. The van der Waals surface area contributed by atoms with Crippen LogP contribution in [0.2, 0.25) is 0 Å². The van der Waals surface area contributed by atoms with Gasteiger partial charge >= 0.3 is 5.97 Å². The lowest BCUT2D eigenvalue weighted by Crippen LogP contribution is -2.56. The molecule has 0 aromatic heterocycles. The SMILES string of the molecule is CCCCCN1C/C=C\CCC(=O)N(C)[C@H](C)[C@@H](c2ccccc2)OC(=O)[C@@H]2[C@H]3O[C@@]4(C=C3Br)[C@H](C1=O)N(CCCCCCO)C(=O)[C@@H]24. The molecular formula is C37H50BrN3O7. The Morgan fingerprint density at radius 3 is 2.40 bits per heavy atom. The molecule has 4 heterocycles. The Labute approximate surface area is 292 Å². The fraction of sp³-hybridized carbons (Fsp3) is 0.622. The lowest BCUT2D eigenvalue weighted by molar-refractivity contribution is -0.164. The number of fused-ring (bicyclic) bond motifs is 2. The number of likely N-dealkylation sites (tertiary alicyclic amines) is 1. The lowest BCUT2D eigenvalue weighted by Gasteiger charge is -2.36. The molecule has 3 amide bonds. The van der Waals surface area contributed by atoms with E-state index in [1.807, 2.05) is 55.5 Å². The van der Waals surface area contributed by atoms with E-state index in [4.69, 9.17) is 9.47 Å². The van der Waals surface area contributed by atoms with Crippen LogP contribution in [0.1, 0.15) is 83.3 Å². The van der Waals surface area contributed by atoms with Crippen molar-refractivity contribution in [1.29, 1.82) is 0 Å². The van der Waals surface area contributed by atoms with Gasteiger partial charge in [-0.2, -0.15) is 0 Å². The smallest absolute Gasteiger partial charge is 0.313 e. The molecule has 5 bridgehead atoms. The number of aliphatic hydroxyl groups is 1. The molecule has 1 aromatic carbocycles. The van der Waals surface area contributed by atoms with Crippen molar-refractivity contribution in [2.24, 2.45) is 11.8 Å². The lowest BCUT2D eigenvalue weighted by atomic mass is 9.74.